The third-order valence-electron chi connectivity index (χ3n) is 9.95. The Hall–Kier alpha value is -5.78. The molecule has 1 aliphatic rings. The van der Waals surface area contributed by atoms with Gasteiger partial charge in [0.05, 0.1) is 42.5 Å². The third kappa shape index (κ3) is 9.13. The van der Waals surface area contributed by atoms with Gasteiger partial charge >= 0.3 is 0 Å². The molecule has 284 valence electrons. The van der Waals surface area contributed by atoms with Crippen molar-refractivity contribution >= 4 is 40.3 Å². The van der Waals surface area contributed by atoms with E-state index in [2.05, 4.69) is 27.3 Å². The zero-order chi connectivity index (χ0) is 38.8. The fourth-order valence-electron chi connectivity index (χ4n) is 6.95. The number of carbonyl (C=O) groups is 1. The summed E-state index contributed by atoms with van der Waals surface area (Å²) in [4.78, 5) is 28.3. The van der Waals surface area contributed by atoms with E-state index in [-0.39, 0.29) is 22.7 Å². The molecule has 0 saturated carbocycles. The number of rotatable bonds is 16. The minimum absolute atomic E-state index is 0.0626. The van der Waals surface area contributed by atoms with Crippen molar-refractivity contribution in [3.8, 4) is 11.5 Å². The minimum atomic E-state index is -0.950. The van der Waals surface area contributed by atoms with E-state index in [4.69, 9.17) is 25.8 Å². The van der Waals surface area contributed by atoms with Crippen LogP contribution in [0, 0.1) is 10.1 Å². The molecule has 0 unspecified atom stereocenters. The first-order valence-corrected chi connectivity index (χ1v) is 18.5. The number of nitro groups is 1. The van der Waals surface area contributed by atoms with Crippen LogP contribution in [0.5, 0.6) is 11.5 Å². The summed E-state index contributed by atoms with van der Waals surface area (Å²) in [6, 6.07) is 37.7. The number of azo groups is 1. The highest BCUT2D eigenvalue weighted by atomic mass is 35.5. The maximum Gasteiger partial charge on any atom is 0.271 e. The molecule has 5 aromatic rings. The number of halogens is 1. The number of nitrogens with zero attached hydrogens (tertiary/aromatic N) is 5. The van der Waals surface area contributed by atoms with Crippen molar-refractivity contribution in [2.75, 3.05) is 45.9 Å². The van der Waals surface area contributed by atoms with Crippen LogP contribution in [0.3, 0.4) is 0 Å². The molecular formula is C43H44ClN5O6. The highest BCUT2D eigenvalue weighted by molar-refractivity contribution is 6.33. The second-order valence-corrected chi connectivity index (χ2v) is 13.7. The van der Waals surface area contributed by atoms with E-state index in [0.29, 0.717) is 43.9 Å². The lowest BCUT2D eigenvalue weighted by Gasteiger charge is -2.38. The van der Waals surface area contributed by atoms with Gasteiger partial charge < -0.3 is 24.0 Å². The molecule has 1 aliphatic heterocycles. The molecule has 6 rings (SSSR count). The number of hydrogen-bond acceptors (Lipinski definition) is 9. The Morgan fingerprint density at radius 2 is 1.49 bits per heavy atom. The van der Waals surface area contributed by atoms with Gasteiger partial charge in [-0.3, -0.25) is 14.9 Å². The minimum Gasteiger partial charge on any atom is -0.497 e. The number of non-ortho nitro benzene ring substituents is 1. The van der Waals surface area contributed by atoms with Crippen LogP contribution in [0.2, 0.25) is 5.02 Å². The summed E-state index contributed by atoms with van der Waals surface area (Å²) in [5, 5.41) is 19.5. The first kappa shape index (κ1) is 38.9. The average molecular weight is 762 g/mol. The van der Waals surface area contributed by atoms with Crippen molar-refractivity contribution in [1.29, 1.82) is 0 Å². The van der Waals surface area contributed by atoms with Gasteiger partial charge in [-0.05, 0) is 90.6 Å². The van der Waals surface area contributed by atoms with Gasteiger partial charge in [0.25, 0.3) is 5.69 Å². The zero-order valence-electron chi connectivity index (χ0n) is 31.1. The van der Waals surface area contributed by atoms with Crippen LogP contribution in [0.15, 0.2) is 132 Å². The van der Waals surface area contributed by atoms with E-state index >= 15 is 0 Å². The molecule has 0 aromatic heterocycles. The second-order valence-electron chi connectivity index (χ2n) is 13.3. The van der Waals surface area contributed by atoms with Crippen molar-refractivity contribution in [2.45, 2.75) is 37.3 Å². The van der Waals surface area contributed by atoms with E-state index in [1.165, 1.54) is 18.2 Å². The number of anilines is 1. The van der Waals surface area contributed by atoms with Crippen molar-refractivity contribution in [3.05, 3.63) is 153 Å². The number of methoxy groups -OCH3 is 2. The summed E-state index contributed by atoms with van der Waals surface area (Å²) >= 11 is 6.14. The Morgan fingerprint density at radius 3 is 2.07 bits per heavy atom. The summed E-state index contributed by atoms with van der Waals surface area (Å²) < 4.78 is 18.1. The normalized spacial score (nSPS) is 14.3. The molecule has 1 amide bonds. The molecule has 5 aromatic carbocycles. The predicted octanol–water partition coefficient (Wildman–Crippen LogP) is 9.90. The van der Waals surface area contributed by atoms with Crippen molar-refractivity contribution in [2.24, 2.45) is 10.2 Å². The molecular weight excluding hydrogens is 718 g/mol. The van der Waals surface area contributed by atoms with Gasteiger partial charge in [0.2, 0.25) is 5.91 Å². The molecule has 0 spiro atoms. The van der Waals surface area contributed by atoms with Crippen LogP contribution in [0.1, 0.15) is 42.4 Å². The first-order valence-electron chi connectivity index (χ1n) is 18.2. The Kier molecular flexibility index (Phi) is 12.8. The van der Waals surface area contributed by atoms with Crippen LogP contribution in [-0.2, 0) is 15.1 Å². The standard InChI is InChI=1S/C43H44ClN5O6/c1-47(35-19-17-34(18-20-35)45-46-41-26-21-36(49(51)52)29-40(41)44)27-8-12-42(50)48-28-7-11-37(48)30-55-43(31-9-5-4-6-10-31,32-13-22-38(53-2)23-14-32)33-15-24-39(54-3)25-16-33/h4-6,9-10,13-26,29,37H,7-8,11-12,27-28,30H2,1-3H3/b46-45+/t37-/m0/s1. The van der Waals surface area contributed by atoms with Gasteiger partial charge in [0.1, 0.15) is 22.8 Å². The highest BCUT2D eigenvalue weighted by Gasteiger charge is 2.40. The smallest absolute Gasteiger partial charge is 0.271 e. The van der Waals surface area contributed by atoms with E-state index in [1.54, 1.807) is 14.2 Å². The number of nitro benzene ring substituents is 1. The second kappa shape index (κ2) is 18.0. The van der Waals surface area contributed by atoms with Gasteiger partial charge in [0.15, 0.2) is 0 Å². The van der Waals surface area contributed by atoms with Crippen LogP contribution in [-0.4, -0.2) is 62.7 Å². The van der Waals surface area contributed by atoms with Gasteiger partial charge in [-0.15, -0.1) is 5.11 Å². The third-order valence-corrected chi connectivity index (χ3v) is 10.3. The Labute approximate surface area is 326 Å². The van der Waals surface area contributed by atoms with Gasteiger partial charge in [-0.2, -0.15) is 5.11 Å². The van der Waals surface area contributed by atoms with Crippen LogP contribution in [0.25, 0.3) is 0 Å². The van der Waals surface area contributed by atoms with Crippen LogP contribution >= 0.6 is 11.6 Å². The predicted molar refractivity (Wildman–Crippen MR) is 214 cm³/mol. The van der Waals surface area contributed by atoms with Gasteiger partial charge in [-0.1, -0.05) is 66.2 Å². The molecule has 0 radical (unpaired) electrons. The fraction of sp³-hybridized carbons (Fsp3) is 0.279. The summed E-state index contributed by atoms with van der Waals surface area (Å²) in [6.45, 7) is 1.75. The van der Waals surface area contributed by atoms with E-state index in [0.717, 1.165) is 46.7 Å². The van der Waals surface area contributed by atoms with Gasteiger partial charge in [-0.25, -0.2) is 0 Å². The lowest BCUT2D eigenvalue weighted by Crippen LogP contribution is -2.42. The largest absolute Gasteiger partial charge is 0.497 e. The number of hydrogen-bond donors (Lipinski definition) is 0. The summed E-state index contributed by atoms with van der Waals surface area (Å²) in [5.41, 5.74) is 3.75. The average Bonchev–Trinajstić information content (AvgIpc) is 3.70. The number of carbonyl (C=O) groups excluding carboxylic acids is 1. The highest BCUT2D eigenvalue weighted by Crippen LogP contribution is 2.42. The molecule has 0 aliphatic carbocycles. The zero-order valence-corrected chi connectivity index (χ0v) is 31.9. The van der Waals surface area contributed by atoms with E-state index in [9.17, 15) is 14.9 Å². The molecule has 1 fully saturated rings. The van der Waals surface area contributed by atoms with Crippen molar-refractivity contribution in [3.63, 3.8) is 0 Å². The van der Waals surface area contributed by atoms with E-state index in [1.807, 2.05) is 103 Å². The van der Waals surface area contributed by atoms with Crippen molar-refractivity contribution in [1.82, 2.24) is 4.90 Å². The Balaban J connectivity index is 1.10. The Bertz CT molecular complexity index is 2030. The quantitative estimate of drug-likeness (QED) is 0.0425. The SMILES string of the molecule is COc1ccc(C(OC[C@@H]2CCCN2C(=O)CCCN(C)c2ccc(/N=N/c3ccc([N+](=O)[O-])cc3Cl)cc2)(c2ccccc2)c2ccc(OC)cc2)cc1. The maximum absolute atomic E-state index is 13.7. The van der Waals surface area contributed by atoms with E-state index < -0.39 is 10.5 Å². The molecule has 1 atom stereocenters. The van der Waals surface area contributed by atoms with Crippen LogP contribution < -0.4 is 14.4 Å². The number of likely N-dealkylation sites (tertiary alicyclic amines) is 1. The molecule has 55 heavy (non-hydrogen) atoms. The summed E-state index contributed by atoms with van der Waals surface area (Å²) in [6.07, 6.45) is 2.89. The molecule has 1 saturated heterocycles. The number of amides is 1. The molecule has 0 bridgehead atoms. The lowest BCUT2D eigenvalue weighted by molar-refractivity contribution is -0.384. The molecule has 12 heteroatoms. The lowest BCUT2D eigenvalue weighted by atomic mass is 9.80. The molecule has 11 nitrogen and oxygen atoms in total. The van der Waals surface area contributed by atoms with Gasteiger partial charge in [0, 0.05) is 44.4 Å². The Morgan fingerprint density at radius 1 is 0.873 bits per heavy atom. The summed E-state index contributed by atoms with van der Waals surface area (Å²) in [7, 11) is 5.30. The first-order chi connectivity index (χ1) is 26.7. The van der Waals surface area contributed by atoms with Crippen LogP contribution in [0.4, 0.5) is 22.7 Å². The van der Waals surface area contributed by atoms with Crippen molar-refractivity contribution < 1.29 is 23.9 Å². The maximum atomic E-state index is 13.7. The fourth-order valence-corrected chi connectivity index (χ4v) is 7.16. The monoisotopic (exact) mass is 761 g/mol. The molecule has 1 heterocycles. The molecule has 0 N–H and O–H groups in total. The number of benzene rings is 5. The number of ether oxygens (including phenoxy) is 3. The topological polar surface area (TPSA) is 119 Å². The summed E-state index contributed by atoms with van der Waals surface area (Å²) in [5.74, 6) is 1.63.